The second-order valence-electron chi connectivity index (χ2n) is 5.73. The summed E-state index contributed by atoms with van der Waals surface area (Å²) in [4.78, 5) is 28.1. The van der Waals surface area contributed by atoms with E-state index in [2.05, 4.69) is 22.6 Å². The van der Waals surface area contributed by atoms with Gasteiger partial charge in [-0.3, -0.25) is 9.59 Å². The van der Waals surface area contributed by atoms with Crippen molar-refractivity contribution >= 4 is 36.6 Å². The molecule has 0 unspecified atom stereocenters. The number of ether oxygens (including phenoxy) is 1. The molecule has 23 heavy (non-hydrogen) atoms. The van der Waals surface area contributed by atoms with Crippen LogP contribution in [0.15, 0.2) is 0 Å². The highest BCUT2D eigenvalue weighted by atomic mass is 35.5. The summed E-state index contributed by atoms with van der Waals surface area (Å²) >= 11 is 0. The lowest BCUT2D eigenvalue weighted by Gasteiger charge is -2.32. The van der Waals surface area contributed by atoms with Crippen molar-refractivity contribution in [2.24, 2.45) is 0 Å². The highest BCUT2D eigenvalue weighted by molar-refractivity contribution is 5.85. The molecule has 0 aromatic carbocycles. The predicted molar refractivity (Wildman–Crippen MR) is 93.4 cm³/mol. The number of hydrogen-bond acceptors (Lipinski definition) is 5. The van der Waals surface area contributed by atoms with E-state index in [0.717, 1.165) is 26.2 Å². The molecular formula is C14H28Cl2N4O3. The molecule has 0 aromatic rings. The van der Waals surface area contributed by atoms with Gasteiger partial charge in [0.25, 0.3) is 0 Å². The summed E-state index contributed by atoms with van der Waals surface area (Å²) in [6.45, 7) is 6.96. The second kappa shape index (κ2) is 11.0. The van der Waals surface area contributed by atoms with Gasteiger partial charge in [-0.1, -0.05) is 0 Å². The molecule has 0 aliphatic carbocycles. The van der Waals surface area contributed by atoms with Crippen LogP contribution in [0.25, 0.3) is 0 Å². The van der Waals surface area contributed by atoms with E-state index >= 15 is 0 Å². The van der Waals surface area contributed by atoms with Crippen LogP contribution in [-0.4, -0.2) is 86.7 Å². The summed E-state index contributed by atoms with van der Waals surface area (Å²) in [5, 5.41) is 5.96. The average molecular weight is 371 g/mol. The lowest BCUT2D eigenvalue weighted by molar-refractivity contribution is -0.133. The van der Waals surface area contributed by atoms with E-state index in [0.29, 0.717) is 26.1 Å². The minimum absolute atomic E-state index is 0. The Morgan fingerprint density at radius 3 is 2.48 bits per heavy atom. The van der Waals surface area contributed by atoms with Crippen LogP contribution < -0.4 is 10.6 Å². The Hall–Kier alpha value is -0.600. The van der Waals surface area contributed by atoms with Gasteiger partial charge in [0, 0.05) is 45.7 Å². The number of likely N-dealkylation sites (N-methyl/N-ethyl adjacent to an activating group) is 1. The van der Waals surface area contributed by atoms with Crippen LogP contribution in [0.4, 0.5) is 0 Å². The zero-order chi connectivity index (χ0) is 15.2. The molecule has 2 rings (SSSR count). The van der Waals surface area contributed by atoms with Crippen LogP contribution in [0.1, 0.15) is 13.3 Å². The van der Waals surface area contributed by atoms with Gasteiger partial charge in [0.05, 0.1) is 12.7 Å². The Kier molecular flexibility index (Phi) is 10.8. The molecule has 2 fully saturated rings. The van der Waals surface area contributed by atoms with Crippen molar-refractivity contribution in [2.75, 3.05) is 52.9 Å². The van der Waals surface area contributed by atoms with Crippen LogP contribution in [-0.2, 0) is 14.3 Å². The maximum absolute atomic E-state index is 12.0. The molecular weight excluding hydrogens is 343 g/mol. The van der Waals surface area contributed by atoms with E-state index in [1.54, 1.807) is 0 Å². The Morgan fingerprint density at radius 2 is 1.87 bits per heavy atom. The molecule has 2 N–H and O–H groups in total. The molecule has 0 saturated carbocycles. The molecule has 0 spiro atoms. The normalized spacial score (nSPS) is 25.0. The van der Waals surface area contributed by atoms with Gasteiger partial charge in [0.2, 0.25) is 11.8 Å². The van der Waals surface area contributed by atoms with Crippen molar-refractivity contribution in [3.05, 3.63) is 0 Å². The number of hydrogen-bond donors (Lipinski definition) is 2. The molecule has 2 aliphatic rings. The Morgan fingerprint density at radius 1 is 1.22 bits per heavy atom. The lowest BCUT2D eigenvalue weighted by atomic mass is 10.1. The number of halogens is 2. The molecule has 136 valence electrons. The van der Waals surface area contributed by atoms with Crippen molar-refractivity contribution in [2.45, 2.75) is 25.5 Å². The monoisotopic (exact) mass is 370 g/mol. The van der Waals surface area contributed by atoms with Gasteiger partial charge in [0.15, 0.2) is 0 Å². The van der Waals surface area contributed by atoms with Crippen molar-refractivity contribution < 1.29 is 14.3 Å². The number of piperazine rings is 1. The van der Waals surface area contributed by atoms with Crippen molar-refractivity contribution in [1.29, 1.82) is 0 Å². The molecule has 2 saturated heterocycles. The first-order valence-corrected chi connectivity index (χ1v) is 7.67. The number of carbonyl (C=O) groups excluding carboxylic acids is 2. The van der Waals surface area contributed by atoms with E-state index in [1.165, 1.54) is 0 Å². The highest BCUT2D eigenvalue weighted by Gasteiger charge is 2.28. The molecule has 2 aliphatic heterocycles. The highest BCUT2D eigenvalue weighted by Crippen LogP contribution is 2.04. The van der Waals surface area contributed by atoms with E-state index < -0.39 is 0 Å². The first-order chi connectivity index (χ1) is 10.1. The summed E-state index contributed by atoms with van der Waals surface area (Å²) in [6.07, 6.45) is 0.226. The maximum Gasteiger partial charge on any atom is 0.239 e. The fraction of sp³-hybridized carbons (Fsp3) is 0.857. The number of amides is 2. The minimum Gasteiger partial charge on any atom is -0.375 e. The van der Waals surface area contributed by atoms with E-state index in [4.69, 9.17) is 4.74 Å². The van der Waals surface area contributed by atoms with Crippen LogP contribution in [0.3, 0.4) is 0 Å². The van der Waals surface area contributed by atoms with Crippen molar-refractivity contribution in [3.63, 3.8) is 0 Å². The molecule has 2 amide bonds. The topological polar surface area (TPSA) is 73.9 Å². The van der Waals surface area contributed by atoms with E-state index in [-0.39, 0.29) is 48.8 Å². The van der Waals surface area contributed by atoms with Gasteiger partial charge < -0.3 is 25.2 Å². The molecule has 0 bridgehead atoms. The second-order valence-corrected chi connectivity index (χ2v) is 5.73. The Bertz CT molecular complexity index is 379. The van der Waals surface area contributed by atoms with E-state index in [1.807, 2.05) is 11.8 Å². The Balaban J connectivity index is 0.00000242. The van der Waals surface area contributed by atoms with Gasteiger partial charge in [-0.25, -0.2) is 0 Å². The molecule has 2 atom stereocenters. The van der Waals surface area contributed by atoms with E-state index in [9.17, 15) is 9.59 Å². The molecule has 2 heterocycles. The third kappa shape index (κ3) is 6.81. The summed E-state index contributed by atoms with van der Waals surface area (Å²) in [5.74, 6) is 0.0256. The largest absolute Gasteiger partial charge is 0.375 e. The summed E-state index contributed by atoms with van der Waals surface area (Å²) in [7, 11) is 2.06. The van der Waals surface area contributed by atoms with Gasteiger partial charge in [-0.05, 0) is 14.0 Å². The fourth-order valence-electron chi connectivity index (χ4n) is 2.64. The predicted octanol–water partition coefficient (Wildman–Crippen LogP) is -0.513. The lowest BCUT2D eigenvalue weighted by Crippen LogP contribution is -2.55. The van der Waals surface area contributed by atoms with Crippen LogP contribution >= 0.6 is 24.8 Å². The van der Waals surface area contributed by atoms with Crippen LogP contribution in [0, 0.1) is 0 Å². The smallest absolute Gasteiger partial charge is 0.239 e. The molecule has 7 nitrogen and oxygen atoms in total. The van der Waals surface area contributed by atoms with Gasteiger partial charge in [0.1, 0.15) is 6.04 Å². The number of carbonyl (C=O) groups is 2. The zero-order valence-electron chi connectivity index (χ0n) is 13.7. The average Bonchev–Trinajstić information content (AvgIpc) is 2.48. The van der Waals surface area contributed by atoms with Crippen LogP contribution in [0.2, 0.25) is 0 Å². The fourth-order valence-corrected chi connectivity index (χ4v) is 2.64. The first-order valence-electron chi connectivity index (χ1n) is 7.67. The summed E-state index contributed by atoms with van der Waals surface area (Å²) < 4.78 is 5.44. The SMILES string of the molecule is C[C@H]1OCCN[C@@H]1C(=O)NCCC(=O)N1CCN(C)CC1.Cl.Cl. The number of morpholine rings is 1. The number of nitrogens with zero attached hydrogens (tertiary/aromatic N) is 2. The number of rotatable bonds is 4. The standard InChI is InChI=1S/C14H26N4O3.2ClH/c1-11-13(15-5-10-21-11)14(20)16-4-3-12(19)18-8-6-17(2)7-9-18;;/h11,13,15H,3-10H2,1-2H3,(H,16,20);2*1H/t11-,13+;;/m1../s1. The molecule has 0 radical (unpaired) electrons. The summed E-state index contributed by atoms with van der Waals surface area (Å²) in [6, 6.07) is -0.322. The number of nitrogens with one attached hydrogen (secondary N) is 2. The third-order valence-corrected chi connectivity index (χ3v) is 4.09. The zero-order valence-corrected chi connectivity index (χ0v) is 15.4. The van der Waals surface area contributed by atoms with Gasteiger partial charge in [-0.2, -0.15) is 0 Å². The quantitative estimate of drug-likeness (QED) is 0.696. The van der Waals surface area contributed by atoms with Crippen molar-refractivity contribution in [1.82, 2.24) is 20.4 Å². The minimum atomic E-state index is -0.322. The van der Waals surface area contributed by atoms with Crippen LogP contribution in [0.5, 0.6) is 0 Å². The third-order valence-electron chi connectivity index (χ3n) is 4.09. The maximum atomic E-state index is 12.0. The Labute approximate surface area is 150 Å². The van der Waals surface area contributed by atoms with Gasteiger partial charge >= 0.3 is 0 Å². The van der Waals surface area contributed by atoms with Crippen molar-refractivity contribution in [3.8, 4) is 0 Å². The summed E-state index contributed by atoms with van der Waals surface area (Å²) in [5.41, 5.74) is 0. The van der Waals surface area contributed by atoms with Gasteiger partial charge in [-0.15, -0.1) is 24.8 Å². The molecule has 9 heteroatoms. The first kappa shape index (κ1) is 22.4. The molecule has 0 aromatic heterocycles.